The molecular formula is C15H18BrFN2S. The van der Waals surface area contributed by atoms with Crippen molar-refractivity contribution in [2.75, 3.05) is 11.1 Å². The lowest BCUT2D eigenvalue weighted by molar-refractivity contribution is 0.266. The molecule has 2 nitrogen and oxygen atoms in total. The monoisotopic (exact) mass is 356 g/mol. The van der Waals surface area contributed by atoms with Gasteiger partial charge in [0.1, 0.15) is 5.82 Å². The number of hydrogen-bond donors (Lipinski definition) is 1. The highest BCUT2D eigenvalue weighted by atomic mass is 79.9. The van der Waals surface area contributed by atoms with Crippen LogP contribution in [0, 0.1) is 11.7 Å². The fourth-order valence-corrected chi connectivity index (χ4v) is 4.54. The van der Waals surface area contributed by atoms with Gasteiger partial charge in [0.2, 0.25) is 0 Å². The second kappa shape index (κ2) is 5.68. The minimum Gasteiger partial charge on any atom is -0.335 e. The van der Waals surface area contributed by atoms with Crippen LogP contribution in [0.4, 0.5) is 10.1 Å². The van der Waals surface area contributed by atoms with E-state index in [9.17, 15) is 4.39 Å². The summed E-state index contributed by atoms with van der Waals surface area (Å²) < 4.78 is 14.0. The van der Waals surface area contributed by atoms with Gasteiger partial charge in [-0.1, -0.05) is 31.5 Å². The van der Waals surface area contributed by atoms with Crippen molar-refractivity contribution < 1.29 is 4.39 Å². The van der Waals surface area contributed by atoms with Crippen LogP contribution in [0.2, 0.25) is 0 Å². The van der Waals surface area contributed by atoms with E-state index in [-0.39, 0.29) is 11.4 Å². The molecule has 1 heterocycles. The summed E-state index contributed by atoms with van der Waals surface area (Å²) in [5.74, 6) is 1.57. The first-order valence-electron chi connectivity index (χ1n) is 7.01. The van der Waals surface area contributed by atoms with Crippen LogP contribution >= 0.6 is 27.7 Å². The summed E-state index contributed by atoms with van der Waals surface area (Å²) in [7, 11) is 0. The number of rotatable bonds is 1. The molecule has 3 rings (SSSR count). The Labute approximate surface area is 131 Å². The van der Waals surface area contributed by atoms with Crippen LogP contribution in [0.3, 0.4) is 0 Å². The molecule has 1 saturated carbocycles. The molecule has 2 atom stereocenters. The first kappa shape index (κ1) is 14.4. The molecule has 1 spiro atoms. The van der Waals surface area contributed by atoms with E-state index < -0.39 is 0 Å². The molecule has 2 aliphatic rings. The summed E-state index contributed by atoms with van der Waals surface area (Å²) in [4.78, 5) is 4.91. The summed E-state index contributed by atoms with van der Waals surface area (Å²) in [6.07, 6.45) is 4.96. The van der Waals surface area contributed by atoms with E-state index in [2.05, 4.69) is 28.2 Å². The highest BCUT2D eigenvalue weighted by molar-refractivity contribution is 9.10. The molecule has 2 unspecified atom stereocenters. The molecule has 0 saturated heterocycles. The summed E-state index contributed by atoms with van der Waals surface area (Å²) in [6.45, 7) is 2.32. The van der Waals surface area contributed by atoms with E-state index in [1.807, 2.05) is 6.07 Å². The number of hydrogen-bond acceptors (Lipinski definition) is 3. The predicted molar refractivity (Wildman–Crippen MR) is 88.0 cm³/mol. The average Bonchev–Trinajstić information content (AvgIpc) is 2.76. The minimum absolute atomic E-state index is 0.124. The van der Waals surface area contributed by atoms with Gasteiger partial charge in [-0.25, -0.2) is 4.39 Å². The number of anilines is 1. The standard InChI is InChI=1S/C15H18BrFN2S/c1-10-3-2-6-15(8-10)9-20-14(19-15)18-11-4-5-12(16)13(17)7-11/h4-5,7,10H,2-3,6,8-9H2,1H3,(H,18,19). The number of halogens is 2. The van der Waals surface area contributed by atoms with Gasteiger partial charge in [0.15, 0.2) is 5.17 Å². The fraction of sp³-hybridized carbons (Fsp3) is 0.533. The summed E-state index contributed by atoms with van der Waals surface area (Å²) in [6, 6.07) is 5.09. The van der Waals surface area contributed by atoms with Crippen molar-refractivity contribution in [3.63, 3.8) is 0 Å². The fourth-order valence-electron chi connectivity index (χ4n) is 3.11. The first-order chi connectivity index (χ1) is 9.56. The SMILES string of the molecule is CC1CCCC2(CSC(Nc3ccc(Br)c(F)c3)=N2)C1. The molecule has 108 valence electrons. The number of amidine groups is 1. The largest absolute Gasteiger partial charge is 0.335 e. The molecule has 1 aliphatic heterocycles. The van der Waals surface area contributed by atoms with Gasteiger partial charge in [-0.3, -0.25) is 4.99 Å². The molecule has 0 aromatic heterocycles. The first-order valence-corrected chi connectivity index (χ1v) is 8.79. The maximum Gasteiger partial charge on any atom is 0.161 e. The van der Waals surface area contributed by atoms with Gasteiger partial charge in [0.25, 0.3) is 0 Å². The van der Waals surface area contributed by atoms with E-state index in [1.165, 1.54) is 31.7 Å². The maximum atomic E-state index is 13.5. The summed E-state index contributed by atoms with van der Waals surface area (Å²) in [5.41, 5.74) is 0.885. The molecule has 1 aliphatic carbocycles. The van der Waals surface area contributed by atoms with E-state index in [4.69, 9.17) is 4.99 Å². The van der Waals surface area contributed by atoms with Crippen LogP contribution < -0.4 is 5.32 Å². The van der Waals surface area contributed by atoms with Crippen LogP contribution in [0.25, 0.3) is 0 Å². The van der Waals surface area contributed by atoms with Gasteiger partial charge in [-0.05, 0) is 52.9 Å². The number of nitrogens with one attached hydrogen (secondary N) is 1. The average molecular weight is 357 g/mol. The van der Waals surface area contributed by atoms with Crippen LogP contribution in [-0.2, 0) is 0 Å². The zero-order chi connectivity index (χ0) is 14.2. The third-order valence-electron chi connectivity index (χ3n) is 4.05. The Balaban J connectivity index is 1.73. The lowest BCUT2D eigenvalue weighted by atomic mass is 9.78. The molecule has 1 aromatic rings. The second-order valence-electron chi connectivity index (χ2n) is 5.89. The highest BCUT2D eigenvalue weighted by Gasteiger charge is 2.39. The molecular weight excluding hydrogens is 339 g/mol. The molecule has 0 bridgehead atoms. The van der Waals surface area contributed by atoms with Crippen molar-refractivity contribution in [3.8, 4) is 0 Å². The Kier molecular flexibility index (Phi) is 4.09. The molecule has 1 aromatic carbocycles. The Morgan fingerprint density at radius 1 is 1.50 bits per heavy atom. The van der Waals surface area contributed by atoms with E-state index in [0.29, 0.717) is 4.47 Å². The third-order valence-corrected chi connectivity index (χ3v) is 5.85. The summed E-state index contributed by atoms with van der Waals surface area (Å²) >= 11 is 4.93. The number of thioether (sulfide) groups is 1. The highest BCUT2D eigenvalue weighted by Crippen LogP contribution is 2.42. The van der Waals surface area contributed by atoms with Crippen molar-refractivity contribution in [2.45, 2.75) is 38.1 Å². The molecule has 5 heteroatoms. The Bertz CT molecular complexity index is 549. The van der Waals surface area contributed by atoms with E-state index in [0.717, 1.165) is 22.5 Å². The smallest absolute Gasteiger partial charge is 0.161 e. The van der Waals surface area contributed by atoms with Gasteiger partial charge in [0.05, 0.1) is 10.0 Å². The van der Waals surface area contributed by atoms with Gasteiger partial charge in [0, 0.05) is 11.4 Å². The van der Waals surface area contributed by atoms with Crippen LogP contribution in [0.1, 0.15) is 32.6 Å². The van der Waals surface area contributed by atoms with Crippen molar-refractivity contribution >= 4 is 38.5 Å². The lowest BCUT2D eigenvalue weighted by Gasteiger charge is -2.33. The second-order valence-corrected chi connectivity index (χ2v) is 7.70. The topological polar surface area (TPSA) is 24.4 Å². The molecule has 20 heavy (non-hydrogen) atoms. The third kappa shape index (κ3) is 3.03. The Morgan fingerprint density at radius 2 is 2.35 bits per heavy atom. The summed E-state index contributed by atoms with van der Waals surface area (Å²) in [5, 5.41) is 4.18. The van der Waals surface area contributed by atoms with Crippen LogP contribution in [-0.4, -0.2) is 16.5 Å². The minimum atomic E-state index is -0.250. The number of nitrogens with zero attached hydrogens (tertiary/aromatic N) is 1. The molecule has 1 N–H and O–H groups in total. The maximum absolute atomic E-state index is 13.5. The number of aliphatic imine (C=N–C) groups is 1. The normalized spacial score (nSPS) is 29.6. The van der Waals surface area contributed by atoms with E-state index >= 15 is 0 Å². The van der Waals surface area contributed by atoms with Gasteiger partial charge in [-0.2, -0.15) is 0 Å². The zero-order valence-electron chi connectivity index (χ0n) is 11.5. The van der Waals surface area contributed by atoms with Crippen molar-refractivity contribution in [1.82, 2.24) is 0 Å². The quantitative estimate of drug-likeness (QED) is 0.760. The Hall–Kier alpha value is -0.550. The molecule has 0 radical (unpaired) electrons. The van der Waals surface area contributed by atoms with Crippen molar-refractivity contribution in [2.24, 2.45) is 10.9 Å². The predicted octanol–water partition coefficient (Wildman–Crippen LogP) is 5.05. The molecule has 1 fully saturated rings. The van der Waals surface area contributed by atoms with Crippen molar-refractivity contribution in [3.05, 3.63) is 28.5 Å². The lowest BCUT2D eigenvalue weighted by Crippen LogP contribution is -2.33. The number of benzene rings is 1. The van der Waals surface area contributed by atoms with Crippen LogP contribution in [0.5, 0.6) is 0 Å². The van der Waals surface area contributed by atoms with Gasteiger partial charge < -0.3 is 5.32 Å². The van der Waals surface area contributed by atoms with E-state index in [1.54, 1.807) is 17.8 Å². The van der Waals surface area contributed by atoms with Gasteiger partial charge in [-0.15, -0.1) is 0 Å². The Morgan fingerprint density at radius 3 is 3.10 bits per heavy atom. The van der Waals surface area contributed by atoms with Crippen molar-refractivity contribution in [1.29, 1.82) is 0 Å². The molecule has 0 amide bonds. The zero-order valence-corrected chi connectivity index (χ0v) is 13.9. The van der Waals surface area contributed by atoms with Gasteiger partial charge >= 0.3 is 0 Å². The van der Waals surface area contributed by atoms with Crippen LogP contribution in [0.15, 0.2) is 27.7 Å².